The SMILES string of the molecule is CCc1nc2c(cnn2CC)c(NC2CCOCC2)c1CNC(=O)c1cccc(C(=O)NCc2cccc(-c3cccc(CN4CCN(C(=O)O)[C@@H](C)C4)c3)c2)c1. The molecule has 2 aliphatic rings. The van der Waals surface area contributed by atoms with Gasteiger partial charge in [-0.15, -0.1) is 0 Å². The fraction of sp³-hybridized carbons (Fsp3) is 0.386. The minimum Gasteiger partial charge on any atom is -0.465 e. The fourth-order valence-corrected chi connectivity index (χ4v) is 7.89. The molecule has 2 aromatic heterocycles. The van der Waals surface area contributed by atoms with E-state index in [0.717, 1.165) is 69.6 Å². The number of nitrogens with one attached hydrogen (secondary N) is 3. The van der Waals surface area contributed by atoms with Crippen LogP contribution in [-0.2, 0) is 37.3 Å². The monoisotopic (exact) mass is 772 g/mol. The van der Waals surface area contributed by atoms with Crippen LogP contribution in [0.2, 0.25) is 0 Å². The Hall–Kier alpha value is -5.79. The van der Waals surface area contributed by atoms with Crippen LogP contribution >= 0.6 is 0 Å². The molecule has 1 atom stereocenters. The molecule has 3 amide bonds. The standard InChI is InChI=1S/C44H52N8O5/c1-4-39-37(40(48-36-15-19-57-20-16-36)38-26-47-52(5-2)41(38)49-39)25-46-43(54)35-14-8-13-34(23-35)42(53)45-24-30-9-6-11-32(21-30)33-12-7-10-31(22-33)28-50-17-18-51(44(55)56)29(3)27-50/h6-14,21-23,26,29,36H,4-5,15-20,24-25,27-28H2,1-3H3,(H,45,53)(H,46,54)(H,48,49)(H,55,56)/t29-/m0/s1. The predicted octanol–water partition coefficient (Wildman–Crippen LogP) is 6.32. The van der Waals surface area contributed by atoms with Gasteiger partial charge in [-0.1, -0.05) is 49.4 Å². The predicted molar refractivity (Wildman–Crippen MR) is 220 cm³/mol. The van der Waals surface area contributed by atoms with E-state index in [-0.39, 0.29) is 30.4 Å². The third-order valence-electron chi connectivity index (χ3n) is 11.0. The van der Waals surface area contributed by atoms with Gasteiger partial charge in [-0.2, -0.15) is 5.10 Å². The van der Waals surface area contributed by atoms with Crippen molar-refractivity contribution < 1.29 is 24.2 Å². The number of fused-ring (bicyclic) bond motifs is 1. The third kappa shape index (κ3) is 9.27. The second-order valence-corrected chi connectivity index (χ2v) is 14.9. The lowest BCUT2D eigenvalue weighted by molar-refractivity contribution is 0.0711. The number of benzene rings is 3. The number of pyridine rings is 1. The van der Waals surface area contributed by atoms with Gasteiger partial charge < -0.3 is 30.7 Å². The van der Waals surface area contributed by atoms with E-state index in [1.165, 1.54) is 4.90 Å². The first-order valence-electron chi connectivity index (χ1n) is 20.0. The number of rotatable bonds is 13. The van der Waals surface area contributed by atoms with Gasteiger partial charge in [-0.3, -0.25) is 14.5 Å². The van der Waals surface area contributed by atoms with Crippen LogP contribution in [0, 0.1) is 0 Å². The summed E-state index contributed by atoms with van der Waals surface area (Å²) in [6, 6.07) is 23.5. The normalized spacial score (nSPS) is 16.4. The number of aryl methyl sites for hydroxylation is 2. The second kappa shape index (κ2) is 18.0. The van der Waals surface area contributed by atoms with Gasteiger partial charge in [0.25, 0.3) is 11.8 Å². The lowest BCUT2D eigenvalue weighted by atomic mass is 10.0. The van der Waals surface area contributed by atoms with Gasteiger partial charge in [-0.05, 0) is 85.7 Å². The summed E-state index contributed by atoms with van der Waals surface area (Å²) in [5.41, 5.74) is 8.64. The number of carbonyl (C=O) groups excluding carboxylic acids is 2. The van der Waals surface area contributed by atoms with Gasteiger partial charge in [0.2, 0.25) is 0 Å². The first kappa shape index (κ1) is 39.4. The number of hydrogen-bond donors (Lipinski definition) is 4. The highest BCUT2D eigenvalue weighted by Gasteiger charge is 2.27. The molecule has 3 aromatic carbocycles. The average Bonchev–Trinajstić information content (AvgIpc) is 3.65. The van der Waals surface area contributed by atoms with E-state index in [0.29, 0.717) is 63.5 Å². The van der Waals surface area contributed by atoms with Crippen LogP contribution in [0.1, 0.15) is 76.7 Å². The Morgan fingerprint density at radius 1 is 0.860 bits per heavy atom. The minimum atomic E-state index is -0.866. The van der Waals surface area contributed by atoms with Gasteiger partial charge in [0.15, 0.2) is 5.65 Å². The number of piperazine rings is 1. The molecule has 0 unspecified atom stereocenters. The molecule has 4 N–H and O–H groups in total. The maximum absolute atomic E-state index is 13.6. The van der Waals surface area contributed by atoms with Gasteiger partial charge in [0.05, 0.1) is 17.3 Å². The number of ether oxygens (including phenoxy) is 1. The molecule has 298 valence electrons. The molecule has 5 aromatic rings. The molecular formula is C44H52N8O5. The zero-order valence-corrected chi connectivity index (χ0v) is 33.0. The summed E-state index contributed by atoms with van der Waals surface area (Å²) in [6.45, 7) is 11.4. The topological polar surface area (TPSA) is 154 Å². The molecular weight excluding hydrogens is 721 g/mol. The average molecular weight is 773 g/mol. The summed E-state index contributed by atoms with van der Waals surface area (Å²) in [5, 5.41) is 24.8. The van der Waals surface area contributed by atoms with Crippen LogP contribution in [0.15, 0.2) is 79.0 Å². The van der Waals surface area contributed by atoms with Crippen molar-refractivity contribution in [1.82, 2.24) is 35.2 Å². The summed E-state index contributed by atoms with van der Waals surface area (Å²) < 4.78 is 7.50. The Labute approximate surface area is 333 Å². The summed E-state index contributed by atoms with van der Waals surface area (Å²) in [7, 11) is 0. The lowest BCUT2D eigenvalue weighted by Gasteiger charge is -2.38. The van der Waals surface area contributed by atoms with E-state index in [1.54, 1.807) is 24.3 Å². The van der Waals surface area contributed by atoms with Crippen LogP contribution in [0.5, 0.6) is 0 Å². The van der Waals surface area contributed by atoms with Gasteiger partial charge >= 0.3 is 6.09 Å². The Kier molecular flexibility index (Phi) is 12.4. The first-order valence-corrected chi connectivity index (χ1v) is 20.0. The van der Waals surface area contributed by atoms with E-state index in [1.807, 2.05) is 42.9 Å². The van der Waals surface area contributed by atoms with Crippen molar-refractivity contribution >= 4 is 34.6 Å². The smallest absolute Gasteiger partial charge is 0.407 e. The van der Waals surface area contributed by atoms with Crippen LogP contribution in [0.4, 0.5) is 10.5 Å². The van der Waals surface area contributed by atoms with Gasteiger partial charge in [0, 0.05) is 93.5 Å². The van der Waals surface area contributed by atoms with Crippen LogP contribution in [0.3, 0.4) is 0 Å². The highest BCUT2D eigenvalue weighted by molar-refractivity contribution is 6.00. The van der Waals surface area contributed by atoms with Gasteiger partial charge in [0.1, 0.15) is 0 Å². The molecule has 0 saturated carbocycles. The van der Waals surface area contributed by atoms with Crippen molar-refractivity contribution in [3.05, 3.63) is 113 Å². The van der Waals surface area contributed by atoms with Crippen molar-refractivity contribution in [1.29, 1.82) is 0 Å². The molecule has 4 heterocycles. The first-order chi connectivity index (χ1) is 27.7. The Morgan fingerprint density at radius 2 is 1.53 bits per heavy atom. The van der Waals surface area contributed by atoms with Crippen LogP contribution in [0.25, 0.3) is 22.2 Å². The number of aromatic nitrogens is 3. The summed E-state index contributed by atoms with van der Waals surface area (Å²) in [5.74, 6) is -0.548. The molecule has 2 saturated heterocycles. The van der Waals surface area contributed by atoms with Crippen LogP contribution in [-0.4, -0.2) is 92.5 Å². The van der Waals surface area contributed by atoms with Crippen LogP contribution < -0.4 is 16.0 Å². The fourth-order valence-electron chi connectivity index (χ4n) is 7.89. The molecule has 7 rings (SSSR count). The quantitative estimate of drug-likeness (QED) is 0.108. The molecule has 2 fully saturated rings. The van der Waals surface area contributed by atoms with Gasteiger partial charge in [-0.25, -0.2) is 14.5 Å². The van der Waals surface area contributed by atoms with Crippen molar-refractivity contribution in [2.75, 3.05) is 38.2 Å². The molecule has 0 aliphatic carbocycles. The molecule has 13 heteroatoms. The third-order valence-corrected chi connectivity index (χ3v) is 11.0. The molecule has 0 spiro atoms. The zero-order chi connectivity index (χ0) is 39.9. The Morgan fingerprint density at radius 3 is 2.19 bits per heavy atom. The Bertz CT molecular complexity index is 2230. The van der Waals surface area contributed by atoms with E-state index in [4.69, 9.17) is 9.72 Å². The molecule has 0 radical (unpaired) electrons. The van der Waals surface area contributed by atoms with Crippen molar-refractivity contribution in [2.45, 2.75) is 78.3 Å². The van der Waals surface area contributed by atoms with E-state index < -0.39 is 6.09 Å². The number of hydrogen-bond acceptors (Lipinski definition) is 8. The molecule has 57 heavy (non-hydrogen) atoms. The van der Waals surface area contributed by atoms with E-state index in [2.05, 4.69) is 63.2 Å². The van der Waals surface area contributed by atoms with E-state index >= 15 is 0 Å². The molecule has 2 aliphatic heterocycles. The Balaban J connectivity index is 0.989. The van der Waals surface area contributed by atoms with Crippen molar-refractivity contribution in [2.24, 2.45) is 0 Å². The second-order valence-electron chi connectivity index (χ2n) is 14.9. The largest absolute Gasteiger partial charge is 0.465 e. The van der Waals surface area contributed by atoms with Crippen molar-refractivity contribution in [3.63, 3.8) is 0 Å². The maximum atomic E-state index is 13.6. The summed E-state index contributed by atoms with van der Waals surface area (Å²) in [4.78, 5) is 47.3. The summed E-state index contributed by atoms with van der Waals surface area (Å²) in [6.07, 6.45) is 3.47. The number of anilines is 1. The highest BCUT2D eigenvalue weighted by atomic mass is 16.5. The number of amides is 3. The lowest BCUT2D eigenvalue weighted by Crippen LogP contribution is -2.53. The minimum absolute atomic E-state index is 0.0552. The molecule has 0 bridgehead atoms. The highest BCUT2D eigenvalue weighted by Crippen LogP contribution is 2.31. The molecule has 13 nitrogen and oxygen atoms in total. The van der Waals surface area contributed by atoms with Crippen molar-refractivity contribution in [3.8, 4) is 11.1 Å². The summed E-state index contributed by atoms with van der Waals surface area (Å²) >= 11 is 0. The number of carboxylic acid groups (broad SMARTS) is 1. The number of carbonyl (C=O) groups is 3. The maximum Gasteiger partial charge on any atom is 0.407 e. The van der Waals surface area contributed by atoms with E-state index in [9.17, 15) is 19.5 Å². The zero-order valence-electron chi connectivity index (χ0n) is 33.0. The number of nitrogens with zero attached hydrogens (tertiary/aromatic N) is 5.